The topological polar surface area (TPSA) is 64.3 Å². The number of hydrogen-bond donors (Lipinski definition) is 2. The second kappa shape index (κ2) is 6.24. The molecule has 0 unspecified atom stereocenters. The van der Waals surface area contributed by atoms with Gasteiger partial charge in [0.2, 0.25) is 0 Å². The Kier molecular flexibility index (Phi) is 4.66. The third kappa shape index (κ3) is 4.19. The van der Waals surface area contributed by atoms with Crippen molar-refractivity contribution in [3.8, 4) is 0 Å². The van der Waals surface area contributed by atoms with Crippen LogP contribution in [0.5, 0.6) is 0 Å². The fourth-order valence-corrected chi connectivity index (χ4v) is 2.81. The molecule has 2 fully saturated rings. The molecule has 0 radical (unpaired) electrons. The Bertz CT molecular complexity index is 244. The van der Waals surface area contributed by atoms with E-state index in [1.807, 2.05) is 0 Å². The summed E-state index contributed by atoms with van der Waals surface area (Å²) in [6, 6.07) is 0.637. The van der Waals surface area contributed by atoms with Crippen molar-refractivity contribution in [2.75, 3.05) is 0 Å². The SMILES string of the molecule is NC1CCC(OC(=O)NC2CCCCC2)CC1. The lowest BCUT2D eigenvalue weighted by Crippen LogP contribution is -2.40. The van der Waals surface area contributed by atoms with Crippen molar-refractivity contribution in [2.45, 2.75) is 76.0 Å². The molecular formula is C13H24N2O2. The molecule has 2 aliphatic rings. The number of nitrogens with two attached hydrogens (primary N) is 1. The molecule has 4 nitrogen and oxygen atoms in total. The van der Waals surface area contributed by atoms with E-state index in [0.717, 1.165) is 38.5 Å². The average Bonchev–Trinajstić information content (AvgIpc) is 2.33. The molecule has 0 aliphatic heterocycles. The summed E-state index contributed by atoms with van der Waals surface area (Å²) < 4.78 is 5.44. The molecule has 0 atom stereocenters. The predicted molar refractivity (Wildman–Crippen MR) is 66.7 cm³/mol. The van der Waals surface area contributed by atoms with Crippen LogP contribution in [0.15, 0.2) is 0 Å². The summed E-state index contributed by atoms with van der Waals surface area (Å²) in [5.74, 6) is 0. The molecule has 1 amide bonds. The van der Waals surface area contributed by atoms with Crippen molar-refractivity contribution in [1.82, 2.24) is 5.32 Å². The maximum atomic E-state index is 11.7. The van der Waals surface area contributed by atoms with Crippen molar-refractivity contribution >= 4 is 6.09 Å². The van der Waals surface area contributed by atoms with Crippen LogP contribution < -0.4 is 11.1 Å². The van der Waals surface area contributed by atoms with Gasteiger partial charge >= 0.3 is 6.09 Å². The lowest BCUT2D eigenvalue weighted by atomic mass is 9.94. The highest BCUT2D eigenvalue weighted by Gasteiger charge is 2.23. The molecule has 17 heavy (non-hydrogen) atoms. The number of amides is 1. The van der Waals surface area contributed by atoms with Crippen LogP contribution in [0.3, 0.4) is 0 Å². The first kappa shape index (κ1) is 12.7. The molecule has 0 bridgehead atoms. The van der Waals surface area contributed by atoms with E-state index in [1.165, 1.54) is 19.3 Å². The van der Waals surface area contributed by atoms with Crippen LogP contribution in [0, 0.1) is 0 Å². The van der Waals surface area contributed by atoms with E-state index in [4.69, 9.17) is 10.5 Å². The number of rotatable bonds is 2. The smallest absolute Gasteiger partial charge is 0.407 e. The summed E-state index contributed by atoms with van der Waals surface area (Å²) in [5.41, 5.74) is 5.82. The summed E-state index contributed by atoms with van der Waals surface area (Å²) in [5, 5.41) is 2.98. The van der Waals surface area contributed by atoms with Gasteiger partial charge in [0, 0.05) is 12.1 Å². The predicted octanol–water partition coefficient (Wildman–Crippen LogP) is 2.32. The van der Waals surface area contributed by atoms with Gasteiger partial charge in [-0.3, -0.25) is 0 Å². The van der Waals surface area contributed by atoms with Gasteiger partial charge in [0.1, 0.15) is 6.10 Å². The normalized spacial score (nSPS) is 30.9. The summed E-state index contributed by atoms with van der Waals surface area (Å²) in [7, 11) is 0. The van der Waals surface area contributed by atoms with Gasteiger partial charge < -0.3 is 15.8 Å². The first-order valence-electron chi connectivity index (χ1n) is 6.97. The molecule has 2 aliphatic carbocycles. The van der Waals surface area contributed by atoms with Gasteiger partial charge in [-0.15, -0.1) is 0 Å². The first-order chi connectivity index (χ1) is 8.24. The van der Waals surface area contributed by atoms with E-state index in [1.54, 1.807) is 0 Å². The molecule has 3 N–H and O–H groups in total. The minimum Gasteiger partial charge on any atom is -0.446 e. The summed E-state index contributed by atoms with van der Waals surface area (Å²) in [4.78, 5) is 11.7. The van der Waals surface area contributed by atoms with E-state index in [0.29, 0.717) is 12.1 Å². The van der Waals surface area contributed by atoms with E-state index in [-0.39, 0.29) is 12.2 Å². The summed E-state index contributed by atoms with van der Waals surface area (Å²) in [6.07, 6.45) is 9.59. The lowest BCUT2D eigenvalue weighted by Gasteiger charge is -2.28. The van der Waals surface area contributed by atoms with Crippen LogP contribution in [0.1, 0.15) is 57.8 Å². The van der Waals surface area contributed by atoms with Crippen LogP contribution in [0.2, 0.25) is 0 Å². The van der Waals surface area contributed by atoms with Crippen molar-refractivity contribution < 1.29 is 9.53 Å². The fraction of sp³-hybridized carbons (Fsp3) is 0.923. The highest BCUT2D eigenvalue weighted by atomic mass is 16.6. The molecule has 2 saturated carbocycles. The number of alkyl carbamates (subject to hydrolysis) is 1. The Hall–Kier alpha value is -0.770. The van der Waals surface area contributed by atoms with Gasteiger partial charge in [0.05, 0.1) is 0 Å². The maximum Gasteiger partial charge on any atom is 0.407 e. The molecule has 98 valence electrons. The second-order valence-corrected chi connectivity index (χ2v) is 5.42. The zero-order chi connectivity index (χ0) is 12.1. The van der Waals surface area contributed by atoms with E-state index >= 15 is 0 Å². The third-order valence-corrected chi connectivity index (χ3v) is 3.92. The van der Waals surface area contributed by atoms with Crippen LogP contribution in [-0.4, -0.2) is 24.3 Å². The van der Waals surface area contributed by atoms with Gasteiger partial charge in [-0.05, 0) is 38.5 Å². The van der Waals surface area contributed by atoms with Gasteiger partial charge in [-0.25, -0.2) is 4.79 Å². The number of nitrogens with one attached hydrogen (secondary N) is 1. The molecule has 0 saturated heterocycles. The Morgan fingerprint density at radius 1 is 1.00 bits per heavy atom. The number of carbonyl (C=O) groups excluding carboxylic acids is 1. The Morgan fingerprint density at radius 3 is 2.29 bits per heavy atom. The summed E-state index contributed by atoms with van der Waals surface area (Å²) >= 11 is 0. The minimum atomic E-state index is -0.225. The van der Waals surface area contributed by atoms with Crippen molar-refractivity contribution in [2.24, 2.45) is 5.73 Å². The van der Waals surface area contributed by atoms with Crippen LogP contribution in [0.25, 0.3) is 0 Å². The summed E-state index contributed by atoms with van der Waals surface area (Å²) in [6.45, 7) is 0. The number of ether oxygens (including phenoxy) is 1. The maximum absolute atomic E-state index is 11.7. The highest BCUT2D eigenvalue weighted by Crippen LogP contribution is 2.21. The molecule has 2 rings (SSSR count). The quantitative estimate of drug-likeness (QED) is 0.778. The number of carbonyl (C=O) groups is 1. The first-order valence-corrected chi connectivity index (χ1v) is 6.97. The van der Waals surface area contributed by atoms with Crippen molar-refractivity contribution in [3.63, 3.8) is 0 Å². The van der Waals surface area contributed by atoms with Gasteiger partial charge in [0.15, 0.2) is 0 Å². The van der Waals surface area contributed by atoms with Crippen LogP contribution in [-0.2, 0) is 4.74 Å². The minimum absolute atomic E-state index is 0.0818. The Morgan fingerprint density at radius 2 is 1.65 bits per heavy atom. The molecule has 0 aromatic heterocycles. The Labute approximate surface area is 103 Å². The zero-order valence-corrected chi connectivity index (χ0v) is 10.5. The van der Waals surface area contributed by atoms with Crippen molar-refractivity contribution in [1.29, 1.82) is 0 Å². The largest absolute Gasteiger partial charge is 0.446 e. The third-order valence-electron chi connectivity index (χ3n) is 3.92. The zero-order valence-electron chi connectivity index (χ0n) is 10.5. The van der Waals surface area contributed by atoms with E-state index in [2.05, 4.69) is 5.32 Å². The van der Waals surface area contributed by atoms with Crippen molar-refractivity contribution in [3.05, 3.63) is 0 Å². The lowest BCUT2D eigenvalue weighted by molar-refractivity contribution is 0.0683. The van der Waals surface area contributed by atoms with Crippen LogP contribution >= 0.6 is 0 Å². The average molecular weight is 240 g/mol. The number of hydrogen-bond acceptors (Lipinski definition) is 3. The molecule has 0 aromatic carbocycles. The molecule has 0 heterocycles. The van der Waals surface area contributed by atoms with Gasteiger partial charge in [0.25, 0.3) is 0 Å². The second-order valence-electron chi connectivity index (χ2n) is 5.42. The molecule has 4 heteroatoms. The molecular weight excluding hydrogens is 216 g/mol. The van der Waals surface area contributed by atoms with Crippen LogP contribution in [0.4, 0.5) is 4.79 Å². The Balaban J connectivity index is 1.66. The van der Waals surface area contributed by atoms with Gasteiger partial charge in [-0.2, -0.15) is 0 Å². The van der Waals surface area contributed by atoms with E-state index in [9.17, 15) is 4.79 Å². The van der Waals surface area contributed by atoms with Gasteiger partial charge in [-0.1, -0.05) is 19.3 Å². The fourth-order valence-electron chi connectivity index (χ4n) is 2.81. The highest BCUT2D eigenvalue weighted by molar-refractivity contribution is 5.67. The monoisotopic (exact) mass is 240 g/mol. The molecule has 0 aromatic rings. The standard InChI is InChI=1S/C13H24N2O2/c14-10-6-8-12(9-7-10)17-13(16)15-11-4-2-1-3-5-11/h10-12H,1-9,14H2,(H,15,16). The molecule has 0 spiro atoms. The van der Waals surface area contributed by atoms with E-state index < -0.39 is 0 Å².